The first-order valence-corrected chi connectivity index (χ1v) is 7.08. The van der Waals surface area contributed by atoms with Gasteiger partial charge in [0.15, 0.2) is 0 Å². The van der Waals surface area contributed by atoms with Crippen molar-refractivity contribution < 1.29 is 24.2 Å². The number of rotatable bonds is 1. The van der Waals surface area contributed by atoms with Crippen molar-refractivity contribution in [3.63, 3.8) is 0 Å². The fraction of sp³-hybridized carbons (Fsp3) is 0.857. The van der Waals surface area contributed by atoms with Crippen molar-refractivity contribution in [1.82, 2.24) is 4.90 Å². The molecule has 0 saturated carbocycles. The van der Waals surface area contributed by atoms with Crippen molar-refractivity contribution in [2.75, 3.05) is 13.2 Å². The predicted molar refractivity (Wildman–Crippen MR) is 71.5 cm³/mol. The van der Waals surface area contributed by atoms with Gasteiger partial charge in [-0.3, -0.25) is 4.90 Å². The second-order valence-electron chi connectivity index (χ2n) is 6.58. The molecular formula is C14H23NO5. The molecule has 1 amide bonds. The number of hydrogen-bond acceptors (Lipinski definition) is 4. The van der Waals surface area contributed by atoms with E-state index in [0.29, 0.717) is 38.9 Å². The van der Waals surface area contributed by atoms with Gasteiger partial charge in [-0.1, -0.05) is 0 Å². The van der Waals surface area contributed by atoms with Gasteiger partial charge in [-0.05, 0) is 46.5 Å². The maximum absolute atomic E-state index is 12.4. The zero-order valence-electron chi connectivity index (χ0n) is 12.3. The third-order valence-electron chi connectivity index (χ3n) is 4.00. The highest BCUT2D eigenvalue weighted by atomic mass is 16.6. The van der Waals surface area contributed by atoms with E-state index in [0.717, 1.165) is 0 Å². The Hall–Kier alpha value is -1.30. The summed E-state index contributed by atoms with van der Waals surface area (Å²) in [5.41, 5.74) is -1.04. The Labute approximate surface area is 119 Å². The van der Waals surface area contributed by atoms with Gasteiger partial charge in [0.05, 0.1) is 5.54 Å². The first kappa shape index (κ1) is 15.1. The molecule has 2 fully saturated rings. The fourth-order valence-corrected chi connectivity index (χ4v) is 3.09. The summed E-state index contributed by atoms with van der Waals surface area (Å²) in [7, 11) is 0. The smallest absolute Gasteiger partial charge is 0.411 e. The Balaban J connectivity index is 2.25. The molecule has 20 heavy (non-hydrogen) atoms. The molecule has 1 spiro atoms. The van der Waals surface area contributed by atoms with Crippen LogP contribution in [-0.4, -0.2) is 52.5 Å². The van der Waals surface area contributed by atoms with Crippen LogP contribution >= 0.6 is 0 Å². The largest absolute Gasteiger partial charge is 0.480 e. The summed E-state index contributed by atoms with van der Waals surface area (Å²) in [6, 6.07) is -0.789. The Morgan fingerprint density at radius 3 is 2.35 bits per heavy atom. The molecule has 0 radical (unpaired) electrons. The van der Waals surface area contributed by atoms with E-state index in [1.165, 1.54) is 4.90 Å². The Bertz CT molecular complexity index is 395. The van der Waals surface area contributed by atoms with Crippen molar-refractivity contribution in [3.8, 4) is 0 Å². The molecule has 1 N–H and O–H groups in total. The first-order chi connectivity index (χ1) is 9.25. The van der Waals surface area contributed by atoms with E-state index in [9.17, 15) is 14.7 Å². The molecule has 114 valence electrons. The Kier molecular flexibility index (Phi) is 3.95. The van der Waals surface area contributed by atoms with Crippen molar-refractivity contribution >= 4 is 12.1 Å². The lowest BCUT2D eigenvalue weighted by Gasteiger charge is -2.42. The Morgan fingerprint density at radius 2 is 1.85 bits per heavy atom. The number of carbonyl (C=O) groups excluding carboxylic acids is 1. The van der Waals surface area contributed by atoms with Crippen LogP contribution in [0.3, 0.4) is 0 Å². The van der Waals surface area contributed by atoms with Crippen LogP contribution in [-0.2, 0) is 14.3 Å². The lowest BCUT2D eigenvalue weighted by Crippen LogP contribution is -2.56. The van der Waals surface area contributed by atoms with Crippen molar-refractivity contribution in [3.05, 3.63) is 0 Å². The third kappa shape index (κ3) is 2.90. The van der Waals surface area contributed by atoms with Crippen LogP contribution in [0.1, 0.15) is 46.5 Å². The van der Waals surface area contributed by atoms with Gasteiger partial charge >= 0.3 is 12.1 Å². The van der Waals surface area contributed by atoms with Gasteiger partial charge in [0.1, 0.15) is 11.6 Å². The van der Waals surface area contributed by atoms with Gasteiger partial charge in [-0.25, -0.2) is 9.59 Å². The van der Waals surface area contributed by atoms with Crippen LogP contribution in [0.5, 0.6) is 0 Å². The van der Waals surface area contributed by atoms with Crippen LogP contribution in [0.15, 0.2) is 0 Å². The van der Waals surface area contributed by atoms with E-state index >= 15 is 0 Å². The maximum Gasteiger partial charge on any atom is 0.411 e. The van der Waals surface area contributed by atoms with E-state index in [1.807, 2.05) is 0 Å². The number of carbonyl (C=O) groups is 2. The van der Waals surface area contributed by atoms with Crippen LogP contribution in [0, 0.1) is 0 Å². The molecule has 0 aliphatic carbocycles. The number of aliphatic carboxylic acids is 1. The van der Waals surface area contributed by atoms with E-state index in [2.05, 4.69) is 0 Å². The summed E-state index contributed by atoms with van der Waals surface area (Å²) in [5.74, 6) is -0.959. The molecule has 2 rings (SSSR count). The lowest BCUT2D eigenvalue weighted by molar-refractivity contribution is -0.144. The predicted octanol–water partition coefficient (Wildman–Crippen LogP) is 2.02. The van der Waals surface area contributed by atoms with Gasteiger partial charge in [-0.2, -0.15) is 0 Å². The molecule has 2 heterocycles. The van der Waals surface area contributed by atoms with Crippen LogP contribution in [0.4, 0.5) is 4.79 Å². The summed E-state index contributed by atoms with van der Waals surface area (Å²) in [4.78, 5) is 25.3. The molecule has 0 bridgehead atoms. The maximum atomic E-state index is 12.4. The van der Waals surface area contributed by atoms with Gasteiger partial charge < -0.3 is 14.6 Å². The highest BCUT2D eigenvalue weighted by Crippen LogP contribution is 2.42. The molecule has 2 aliphatic heterocycles. The summed E-state index contributed by atoms with van der Waals surface area (Å²) >= 11 is 0. The van der Waals surface area contributed by atoms with Crippen molar-refractivity contribution in [1.29, 1.82) is 0 Å². The number of carboxylic acid groups (broad SMARTS) is 1. The minimum absolute atomic E-state index is 0.413. The molecule has 6 heteroatoms. The first-order valence-electron chi connectivity index (χ1n) is 7.08. The number of carboxylic acids is 1. The Morgan fingerprint density at radius 1 is 1.25 bits per heavy atom. The van der Waals surface area contributed by atoms with E-state index in [1.54, 1.807) is 20.8 Å². The normalized spacial score (nSPS) is 25.8. The highest BCUT2D eigenvalue weighted by molar-refractivity contribution is 5.81. The fourth-order valence-electron chi connectivity index (χ4n) is 3.09. The van der Waals surface area contributed by atoms with Crippen molar-refractivity contribution in [2.24, 2.45) is 0 Å². The topological polar surface area (TPSA) is 76.1 Å². The van der Waals surface area contributed by atoms with Gasteiger partial charge in [0.2, 0.25) is 0 Å². The molecule has 0 aromatic rings. The van der Waals surface area contributed by atoms with Gasteiger partial charge in [0.25, 0.3) is 0 Å². The monoisotopic (exact) mass is 285 g/mol. The summed E-state index contributed by atoms with van der Waals surface area (Å²) in [6.07, 6.45) is 2.01. The number of amides is 1. The molecule has 0 aromatic carbocycles. The quantitative estimate of drug-likeness (QED) is 0.797. The number of hydrogen-bond donors (Lipinski definition) is 1. The van der Waals surface area contributed by atoms with E-state index in [-0.39, 0.29) is 0 Å². The zero-order chi connectivity index (χ0) is 15.0. The third-order valence-corrected chi connectivity index (χ3v) is 4.00. The lowest BCUT2D eigenvalue weighted by atomic mass is 9.87. The van der Waals surface area contributed by atoms with E-state index in [4.69, 9.17) is 9.47 Å². The number of nitrogens with zero attached hydrogens (tertiary/aromatic N) is 1. The van der Waals surface area contributed by atoms with Crippen LogP contribution in [0.25, 0.3) is 0 Å². The minimum atomic E-state index is -0.959. The van der Waals surface area contributed by atoms with Crippen molar-refractivity contribution in [2.45, 2.75) is 63.6 Å². The summed E-state index contributed by atoms with van der Waals surface area (Å²) in [6.45, 7) is 6.48. The molecule has 2 aliphatic rings. The van der Waals surface area contributed by atoms with E-state index < -0.39 is 29.2 Å². The molecule has 6 nitrogen and oxygen atoms in total. The number of ether oxygens (including phenoxy) is 2. The second kappa shape index (κ2) is 5.24. The van der Waals surface area contributed by atoms with Crippen LogP contribution < -0.4 is 0 Å². The molecule has 2 saturated heterocycles. The number of likely N-dealkylation sites (tertiary alicyclic amines) is 1. The molecule has 1 atom stereocenters. The SMILES string of the molecule is CC(C)(C)OC(=O)N1C(C(=O)O)CCC12CCOCC2. The molecule has 1 unspecified atom stereocenters. The average Bonchev–Trinajstić information content (AvgIpc) is 2.67. The average molecular weight is 285 g/mol. The van der Waals surface area contributed by atoms with Gasteiger partial charge in [0, 0.05) is 13.2 Å². The standard InChI is InChI=1S/C14H23NO5/c1-13(2,3)20-12(18)15-10(11(16)17)4-5-14(15)6-8-19-9-7-14/h10H,4-9H2,1-3H3,(H,16,17). The summed E-state index contributed by atoms with van der Waals surface area (Å²) in [5, 5.41) is 9.36. The van der Waals surface area contributed by atoms with Crippen LogP contribution in [0.2, 0.25) is 0 Å². The highest BCUT2D eigenvalue weighted by Gasteiger charge is 2.53. The zero-order valence-corrected chi connectivity index (χ0v) is 12.3. The minimum Gasteiger partial charge on any atom is -0.480 e. The molecular weight excluding hydrogens is 262 g/mol. The van der Waals surface area contributed by atoms with Gasteiger partial charge in [-0.15, -0.1) is 0 Å². The summed E-state index contributed by atoms with van der Waals surface area (Å²) < 4.78 is 10.8. The second-order valence-corrected chi connectivity index (χ2v) is 6.58. The molecule has 0 aromatic heterocycles.